The number of hydrogen-bond acceptors (Lipinski definition) is 8. The van der Waals surface area contributed by atoms with Gasteiger partial charge >= 0.3 is 6.18 Å². The highest BCUT2D eigenvalue weighted by Crippen LogP contribution is 2.34. The largest absolute Gasteiger partial charge is 0.421 e. The summed E-state index contributed by atoms with van der Waals surface area (Å²) in [6, 6.07) is 0.784. The smallest absolute Gasteiger partial charge is 0.379 e. The molecule has 4 heterocycles. The predicted molar refractivity (Wildman–Crippen MR) is 137 cm³/mol. The van der Waals surface area contributed by atoms with Gasteiger partial charge in [0, 0.05) is 51.2 Å². The Morgan fingerprint density at radius 2 is 1.95 bits per heavy atom. The standard InChI is InChI=1S/C25H37F3N8O2/c1-17(2)34-10-5-19(6-11-34)36-16-21(18(3)33-36)31-24-30-15-20(25(26,27)28)23(32-24)29-8-4-9-35-12-14-38-13-7-22(35)37/h15-17,19H,4-14H2,1-3H3,(H2,29,30,31,32). The van der Waals surface area contributed by atoms with Crippen molar-refractivity contribution >= 4 is 23.4 Å². The van der Waals surface area contributed by atoms with Crippen molar-refractivity contribution in [1.82, 2.24) is 29.5 Å². The normalized spacial score (nSPS) is 18.2. The van der Waals surface area contributed by atoms with E-state index in [2.05, 4.69) is 44.4 Å². The van der Waals surface area contributed by atoms with Gasteiger partial charge < -0.3 is 25.2 Å². The summed E-state index contributed by atoms with van der Waals surface area (Å²) in [6.07, 6.45) is 0.816. The first-order valence-electron chi connectivity index (χ1n) is 13.2. The molecule has 2 aromatic heterocycles. The molecular formula is C25H37F3N8O2. The van der Waals surface area contributed by atoms with Crippen molar-refractivity contribution in [2.75, 3.05) is 56.6 Å². The average molecular weight is 539 g/mol. The number of likely N-dealkylation sites (tertiary alicyclic amines) is 1. The van der Waals surface area contributed by atoms with Crippen molar-refractivity contribution in [3.05, 3.63) is 23.7 Å². The van der Waals surface area contributed by atoms with Gasteiger partial charge in [-0.15, -0.1) is 0 Å². The summed E-state index contributed by atoms with van der Waals surface area (Å²) in [6.45, 7) is 10.2. The number of amides is 1. The quantitative estimate of drug-likeness (QED) is 0.465. The van der Waals surface area contributed by atoms with Crippen molar-refractivity contribution in [2.45, 2.75) is 64.7 Å². The summed E-state index contributed by atoms with van der Waals surface area (Å²) in [5, 5.41) is 10.5. The number of ether oxygens (including phenoxy) is 1. The molecule has 0 spiro atoms. The zero-order valence-corrected chi connectivity index (χ0v) is 22.2. The molecule has 2 aliphatic heterocycles. The molecule has 2 aliphatic rings. The topological polar surface area (TPSA) is 100 Å². The van der Waals surface area contributed by atoms with E-state index in [-0.39, 0.29) is 30.3 Å². The maximum absolute atomic E-state index is 13.6. The highest BCUT2D eigenvalue weighted by molar-refractivity contribution is 5.76. The molecule has 2 N–H and O–H groups in total. The number of rotatable bonds is 9. The Kier molecular flexibility index (Phi) is 9.08. The molecule has 1 amide bonds. The van der Waals surface area contributed by atoms with Gasteiger partial charge in [0.2, 0.25) is 11.9 Å². The number of alkyl halides is 3. The Bertz CT molecular complexity index is 1080. The van der Waals surface area contributed by atoms with E-state index in [1.807, 2.05) is 17.8 Å². The van der Waals surface area contributed by atoms with Crippen molar-refractivity contribution in [1.29, 1.82) is 0 Å². The van der Waals surface area contributed by atoms with E-state index in [4.69, 9.17) is 4.74 Å². The number of halogens is 3. The lowest BCUT2D eigenvalue weighted by molar-refractivity contribution is -0.137. The van der Waals surface area contributed by atoms with Crippen molar-refractivity contribution in [2.24, 2.45) is 0 Å². The van der Waals surface area contributed by atoms with Crippen molar-refractivity contribution in [3.8, 4) is 0 Å². The predicted octanol–water partition coefficient (Wildman–Crippen LogP) is 3.84. The van der Waals surface area contributed by atoms with Gasteiger partial charge in [0.25, 0.3) is 0 Å². The van der Waals surface area contributed by atoms with Crippen LogP contribution >= 0.6 is 0 Å². The van der Waals surface area contributed by atoms with Gasteiger partial charge in [-0.25, -0.2) is 4.98 Å². The molecule has 0 unspecified atom stereocenters. The first-order chi connectivity index (χ1) is 18.1. The molecule has 13 heteroatoms. The first-order valence-corrected chi connectivity index (χ1v) is 13.2. The minimum absolute atomic E-state index is 0.00612. The second kappa shape index (κ2) is 12.3. The number of piperidine rings is 1. The number of carbonyl (C=O) groups excluding carboxylic acids is 1. The highest BCUT2D eigenvalue weighted by Gasteiger charge is 2.35. The minimum atomic E-state index is -4.61. The maximum Gasteiger partial charge on any atom is 0.421 e. The third kappa shape index (κ3) is 7.13. The molecule has 38 heavy (non-hydrogen) atoms. The van der Waals surface area contributed by atoms with Gasteiger partial charge in [0.05, 0.1) is 37.1 Å². The number of carbonyl (C=O) groups is 1. The zero-order valence-electron chi connectivity index (χ0n) is 22.2. The fourth-order valence-electron chi connectivity index (χ4n) is 4.80. The lowest BCUT2D eigenvalue weighted by Gasteiger charge is -2.34. The maximum atomic E-state index is 13.6. The van der Waals surface area contributed by atoms with E-state index < -0.39 is 11.7 Å². The van der Waals surface area contributed by atoms with Crippen molar-refractivity contribution < 1.29 is 22.7 Å². The van der Waals surface area contributed by atoms with E-state index in [0.717, 1.165) is 37.8 Å². The second-order valence-electron chi connectivity index (χ2n) is 10.1. The summed E-state index contributed by atoms with van der Waals surface area (Å²) >= 11 is 0. The first kappa shape index (κ1) is 28.1. The average Bonchev–Trinajstić information content (AvgIpc) is 3.10. The Hall–Kier alpha value is -2.93. The van der Waals surface area contributed by atoms with Crippen LogP contribution in [0.4, 0.5) is 30.6 Å². The van der Waals surface area contributed by atoms with E-state index in [1.54, 1.807) is 4.90 Å². The van der Waals surface area contributed by atoms with Crippen LogP contribution in [0.15, 0.2) is 12.4 Å². The molecule has 0 aromatic carbocycles. The van der Waals surface area contributed by atoms with Crippen LogP contribution < -0.4 is 10.6 Å². The molecule has 0 aliphatic carbocycles. The van der Waals surface area contributed by atoms with Gasteiger partial charge in [0.15, 0.2) is 0 Å². The Labute approximate surface area is 220 Å². The molecule has 0 radical (unpaired) electrons. The fraction of sp³-hybridized carbons (Fsp3) is 0.680. The van der Waals surface area contributed by atoms with E-state index in [9.17, 15) is 18.0 Å². The lowest BCUT2D eigenvalue weighted by Crippen LogP contribution is -2.39. The summed E-state index contributed by atoms with van der Waals surface area (Å²) in [5.41, 5.74) is 0.441. The Balaban J connectivity index is 1.40. The van der Waals surface area contributed by atoms with Gasteiger partial charge in [-0.1, -0.05) is 0 Å². The van der Waals surface area contributed by atoms with Gasteiger partial charge in [-0.05, 0) is 40.0 Å². The molecule has 0 bridgehead atoms. The summed E-state index contributed by atoms with van der Waals surface area (Å²) in [5.74, 6) is -0.252. The molecule has 2 saturated heterocycles. The van der Waals surface area contributed by atoms with Gasteiger partial charge in [0.1, 0.15) is 11.4 Å². The summed E-state index contributed by atoms with van der Waals surface area (Å²) in [7, 11) is 0. The van der Waals surface area contributed by atoms with Crippen LogP contribution in [-0.2, 0) is 15.7 Å². The number of hydrogen-bond donors (Lipinski definition) is 2. The molecule has 2 aromatic rings. The number of aryl methyl sites for hydroxylation is 1. The van der Waals surface area contributed by atoms with E-state index in [0.29, 0.717) is 50.9 Å². The lowest BCUT2D eigenvalue weighted by atomic mass is 10.0. The van der Waals surface area contributed by atoms with Gasteiger partial charge in [-0.3, -0.25) is 9.48 Å². The SMILES string of the molecule is Cc1nn(C2CCN(C(C)C)CC2)cc1Nc1ncc(C(F)(F)F)c(NCCCN2CCOCCC2=O)n1. The summed E-state index contributed by atoms with van der Waals surface area (Å²) in [4.78, 5) is 24.3. The second-order valence-corrected chi connectivity index (χ2v) is 10.1. The Morgan fingerprint density at radius 3 is 2.66 bits per heavy atom. The number of anilines is 3. The third-order valence-electron chi connectivity index (χ3n) is 7.08. The van der Waals surface area contributed by atoms with Crippen LogP contribution in [0.5, 0.6) is 0 Å². The van der Waals surface area contributed by atoms with Gasteiger partial charge in [-0.2, -0.15) is 23.3 Å². The molecule has 0 saturated carbocycles. The minimum Gasteiger partial charge on any atom is -0.379 e. The van der Waals surface area contributed by atoms with Crippen LogP contribution in [0.3, 0.4) is 0 Å². The highest BCUT2D eigenvalue weighted by atomic mass is 19.4. The third-order valence-corrected chi connectivity index (χ3v) is 7.08. The van der Waals surface area contributed by atoms with Crippen LogP contribution in [0, 0.1) is 6.92 Å². The Morgan fingerprint density at radius 1 is 1.18 bits per heavy atom. The molecule has 10 nitrogen and oxygen atoms in total. The van der Waals surface area contributed by atoms with Crippen LogP contribution in [-0.4, -0.2) is 87.4 Å². The molecule has 2 fully saturated rings. The van der Waals surface area contributed by atoms with Crippen LogP contribution in [0.1, 0.15) is 56.8 Å². The molecule has 0 atom stereocenters. The number of aromatic nitrogens is 4. The molecular weight excluding hydrogens is 501 g/mol. The number of nitrogens with one attached hydrogen (secondary N) is 2. The van der Waals surface area contributed by atoms with Crippen molar-refractivity contribution in [3.63, 3.8) is 0 Å². The number of nitrogens with zero attached hydrogens (tertiary/aromatic N) is 6. The monoisotopic (exact) mass is 538 g/mol. The molecule has 210 valence electrons. The van der Waals surface area contributed by atoms with E-state index in [1.165, 1.54) is 0 Å². The fourth-order valence-corrected chi connectivity index (χ4v) is 4.80. The summed E-state index contributed by atoms with van der Waals surface area (Å²) < 4.78 is 48.1. The molecule has 4 rings (SSSR count). The zero-order chi connectivity index (χ0) is 27.3. The van der Waals surface area contributed by atoms with Crippen LogP contribution in [0.25, 0.3) is 0 Å². The van der Waals surface area contributed by atoms with Crippen LogP contribution in [0.2, 0.25) is 0 Å². The van der Waals surface area contributed by atoms with E-state index >= 15 is 0 Å².